The number of carbonyl (C=O) groups excluding carboxylic acids is 1. The molecular formula is C18H22ClN2O2+. The van der Waals surface area contributed by atoms with Crippen LogP contribution >= 0.6 is 11.6 Å². The van der Waals surface area contributed by atoms with Gasteiger partial charge in [-0.2, -0.15) is 0 Å². The number of likely N-dealkylation sites (N-methyl/N-ethyl adjacent to an activating group) is 1. The topological polar surface area (TPSA) is 42.8 Å². The van der Waals surface area contributed by atoms with Crippen LogP contribution in [-0.4, -0.2) is 26.1 Å². The van der Waals surface area contributed by atoms with Gasteiger partial charge in [-0.1, -0.05) is 23.7 Å². The molecule has 1 amide bonds. The molecule has 0 saturated carbocycles. The van der Waals surface area contributed by atoms with Gasteiger partial charge in [-0.25, -0.2) is 0 Å². The van der Waals surface area contributed by atoms with Gasteiger partial charge in [0, 0.05) is 16.3 Å². The van der Waals surface area contributed by atoms with Crippen molar-refractivity contribution in [3.05, 3.63) is 59.1 Å². The van der Waals surface area contributed by atoms with Crippen LogP contribution in [-0.2, 0) is 11.3 Å². The zero-order valence-corrected chi connectivity index (χ0v) is 14.4. The second-order valence-electron chi connectivity index (χ2n) is 5.59. The van der Waals surface area contributed by atoms with Gasteiger partial charge >= 0.3 is 0 Å². The molecule has 0 radical (unpaired) electrons. The number of amides is 1. The van der Waals surface area contributed by atoms with Crippen LogP contribution < -0.4 is 15.0 Å². The molecule has 5 heteroatoms. The maximum atomic E-state index is 12.4. The molecule has 4 nitrogen and oxygen atoms in total. The quantitative estimate of drug-likeness (QED) is 0.852. The van der Waals surface area contributed by atoms with Gasteiger partial charge in [0.25, 0.3) is 5.91 Å². The largest absolute Gasteiger partial charge is 0.497 e. The Bertz CT molecular complexity index is 658. The van der Waals surface area contributed by atoms with Crippen molar-refractivity contribution in [2.75, 3.05) is 19.5 Å². The molecule has 2 aromatic carbocycles. The van der Waals surface area contributed by atoms with Crippen LogP contribution in [0, 0.1) is 0 Å². The molecule has 0 heterocycles. The number of anilines is 1. The molecule has 0 aliphatic heterocycles. The fraction of sp³-hybridized carbons (Fsp3) is 0.278. The summed E-state index contributed by atoms with van der Waals surface area (Å²) >= 11 is 5.85. The number of carbonyl (C=O) groups is 1. The number of ether oxygens (including phenoxy) is 1. The van der Waals surface area contributed by atoms with Gasteiger partial charge in [0.15, 0.2) is 6.04 Å². The van der Waals surface area contributed by atoms with Crippen molar-refractivity contribution in [3.63, 3.8) is 0 Å². The van der Waals surface area contributed by atoms with E-state index in [1.54, 1.807) is 31.4 Å². The number of methoxy groups -OCH3 is 1. The van der Waals surface area contributed by atoms with E-state index in [4.69, 9.17) is 16.3 Å². The Hall–Kier alpha value is -2.04. The zero-order chi connectivity index (χ0) is 16.8. The van der Waals surface area contributed by atoms with E-state index in [0.29, 0.717) is 5.02 Å². The summed E-state index contributed by atoms with van der Waals surface area (Å²) in [6.45, 7) is 2.66. The third kappa shape index (κ3) is 4.98. The molecule has 0 aromatic heterocycles. The Kier molecular flexibility index (Phi) is 6.02. The van der Waals surface area contributed by atoms with Crippen molar-refractivity contribution < 1.29 is 14.4 Å². The molecule has 0 fully saturated rings. The van der Waals surface area contributed by atoms with E-state index in [9.17, 15) is 4.79 Å². The van der Waals surface area contributed by atoms with Crippen molar-refractivity contribution in [1.29, 1.82) is 0 Å². The Morgan fingerprint density at radius 3 is 2.61 bits per heavy atom. The Morgan fingerprint density at radius 1 is 1.26 bits per heavy atom. The molecular weight excluding hydrogens is 312 g/mol. The molecule has 2 rings (SSSR count). The molecule has 0 saturated heterocycles. The summed E-state index contributed by atoms with van der Waals surface area (Å²) in [4.78, 5) is 13.5. The van der Waals surface area contributed by atoms with Crippen LogP contribution in [0.25, 0.3) is 0 Å². The Balaban J connectivity index is 1.96. The molecule has 0 aliphatic rings. The number of rotatable bonds is 6. The highest BCUT2D eigenvalue weighted by Crippen LogP contribution is 2.14. The summed E-state index contributed by atoms with van der Waals surface area (Å²) < 4.78 is 5.23. The predicted molar refractivity (Wildman–Crippen MR) is 93.1 cm³/mol. The number of hydrogen-bond acceptors (Lipinski definition) is 2. The number of nitrogens with one attached hydrogen (secondary N) is 2. The second-order valence-corrected chi connectivity index (χ2v) is 6.03. The first-order valence-electron chi connectivity index (χ1n) is 7.51. The van der Waals surface area contributed by atoms with Crippen molar-refractivity contribution >= 4 is 23.2 Å². The van der Waals surface area contributed by atoms with Gasteiger partial charge in [0.1, 0.15) is 12.3 Å². The molecule has 122 valence electrons. The van der Waals surface area contributed by atoms with Crippen molar-refractivity contribution in [3.8, 4) is 5.75 Å². The van der Waals surface area contributed by atoms with E-state index < -0.39 is 0 Å². The van der Waals surface area contributed by atoms with Crippen LogP contribution in [0.15, 0.2) is 48.5 Å². The molecule has 0 spiro atoms. The number of quaternary nitrogens is 1. The average molecular weight is 334 g/mol. The van der Waals surface area contributed by atoms with Crippen LogP contribution in [0.1, 0.15) is 12.5 Å². The van der Waals surface area contributed by atoms with Crippen LogP contribution in [0.2, 0.25) is 5.02 Å². The predicted octanol–water partition coefficient (Wildman–Crippen LogP) is 2.39. The minimum absolute atomic E-state index is 0.0206. The SMILES string of the molecule is COc1cccc(C[NH+](C)[C@H](C)C(=O)Nc2ccc(Cl)cc2)c1. The van der Waals surface area contributed by atoms with E-state index in [0.717, 1.165) is 28.4 Å². The van der Waals surface area contributed by atoms with E-state index in [2.05, 4.69) is 5.32 Å². The molecule has 2 N–H and O–H groups in total. The summed E-state index contributed by atoms with van der Waals surface area (Å²) in [5, 5.41) is 3.56. The van der Waals surface area contributed by atoms with Gasteiger partial charge in [0.2, 0.25) is 0 Å². The summed E-state index contributed by atoms with van der Waals surface area (Å²) in [5.41, 5.74) is 1.88. The molecule has 2 aromatic rings. The monoisotopic (exact) mass is 333 g/mol. The summed E-state index contributed by atoms with van der Waals surface area (Å²) in [6, 6.07) is 14.8. The smallest absolute Gasteiger partial charge is 0.282 e. The molecule has 0 bridgehead atoms. The van der Waals surface area contributed by atoms with Crippen LogP contribution in [0.4, 0.5) is 5.69 Å². The number of halogens is 1. The van der Waals surface area contributed by atoms with Gasteiger partial charge in [-0.15, -0.1) is 0 Å². The van der Waals surface area contributed by atoms with E-state index in [-0.39, 0.29) is 11.9 Å². The summed E-state index contributed by atoms with van der Waals surface area (Å²) in [7, 11) is 3.66. The lowest BCUT2D eigenvalue weighted by Gasteiger charge is -2.21. The molecule has 2 atom stereocenters. The fourth-order valence-corrected chi connectivity index (χ4v) is 2.39. The highest BCUT2D eigenvalue weighted by Gasteiger charge is 2.22. The minimum Gasteiger partial charge on any atom is -0.497 e. The van der Waals surface area contributed by atoms with E-state index >= 15 is 0 Å². The van der Waals surface area contributed by atoms with Crippen molar-refractivity contribution in [2.24, 2.45) is 0 Å². The van der Waals surface area contributed by atoms with Crippen molar-refractivity contribution in [2.45, 2.75) is 19.5 Å². The Labute approximate surface area is 142 Å². The lowest BCUT2D eigenvalue weighted by atomic mass is 10.1. The lowest BCUT2D eigenvalue weighted by Crippen LogP contribution is -3.12. The van der Waals surface area contributed by atoms with E-state index in [1.165, 1.54) is 0 Å². The summed E-state index contributed by atoms with van der Waals surface area (Å²) in [5.74, 6) is 0.807. The zero-order valence-electron chi connectivity index (χ0n) is 13.6. The van der Waals surface area contributed by atoms with Gasteiger partial charge in [-0.05, 0) is 43.3 Å². The Morgan fingerprint density at radius 2 is 1.96 bits per heavy atom. The minimum atomic E-state index is -0.183. The standard InChI is InChI=1S/C18H21ClN2O2/c1-13(18(22)20-16-9-7-15(19)8-10-16)21(2)12-14-5-4-6-17(11-14)23-3/h4-11,13H,12H2,1-3H3,(H,20,22)/p+1/t13-/m1/s1. The van der Waals surface area contributed by atoms with Crippen LogP contribution in [0.5, 0.6) is 5.75 Å². The summed E-state index contributed by atoms with van der Waals surface area (Å²) in [6.07, 6.45) is 0. The number of benzene rings is 2. The maximum Gasteiger partial charge on any atom is 0.282 e. The highest BCUT2D eigenvalue weighted by atomic mass is 35.5. The van der Waals surface area contributed by atoms with Gasteiger partial charge in [-0.3, -0.25) is 4.79 Å². The van der Waals surface area contributed by atoms with Crippen molar-refractivity contribution in [1.82, 2.24) is 0 Å². The molecule has 1 unspecified atom stereocenters. The normalized spacial score (nSPS) is 13.2. The average Bonchev–Trinajstić information content (AvgIpc) is 2.56. The lowest BCUT2D eigenvalue weighted by molar-refractivity contribution is -0.907. The first-order valence-corrected chi connectivity index (χ1v) is 7.89. The van der Waals surface area contributed by atoms with Crippen LogP contribution in [0.3, 0.4) is 0 Å². The molecule has 0 aliphatic carbocycles. The third-order valence-electron chi connectivity index (χ3n) is 3.86. The number of hydrogen-bond donors (Lipinski definition) is 2. The van der Waals surface area contributed by atoms with Gasteiger partial charge < -0.3 is 15.0 Å². The molecule has 23 heavy (non-hydrogen) atoms. The first kappa shape index (κ1) is 17.3. The third-order valence-corrected chi connectivity index (χ3v) is 4.11. The second kappa shape index (κ2) is 7.99. The van der Waals surface area contributed by atoms with E-state index in [1.807, 2.05) is 38.2 Å². The maximum absolute atomic E-state index is 12.4. The first-order chi connectivity index (χ1) is 11.0. The fourth-order valence-electron chi connectivity index (χ4n) is 2.27. The highest BCUT2D eigenvalue weighted by molar-refractivity contribution is 6.30. The van der Waals surface area contributed by atoms with Gasteiger partial charge in [0.05, 0.1) is 14.2 Å².